The summed E-state index contributed by atoms with van der Waals surface area (Å²) in [5.41, 5.74) is 0. The van der Waals surface area contributed by atoms with Gasteiger partial charge in [0.05, 0.1) is 15.2 Å². The molecule has 1 aliphatic rings. The monoisotopic (exact) mass is 525 g/mol. The van der Waals surface area contributed by atoms with Crippen molar-refractivity contribution in [3.63, 3.8) is 0 Å². The number of anilines is 1. The maximum atomic E-state index is 12.5. The standard InChI is InChI=1S/C18H17Br2N5O2S/c19-12-1-4-15(21-9-12)22-18(26)11-5-7-25(8-6-11)10-16-23-17(24-27-16)13-2-3-14(20)28-13/h1-4,9,11H,5-8,10H2,(H,21,22,26). The van der Waals surface area contributed by atoms with Crippen LogP contribution in [0.2, 0.25) is 0 Å². The molecule has 0 unspecified atom stereocenters. The van der Waals surface area contributed by atoms with Crippen LogP contribution in [0, 0.1) is 5.92 Å². The van der Waals surface area contributed by atoms with Crippen LogP contribution in [0.3, 0.4) is 0 Å². The summed E-state index contributed by atoms with van der Waals surface area (Å²) in [5.74, 6) is 1.80. The van der Waals surface area contributed by atoms with Crippen LogP contribution in [0.4, 0.5) is 5.82 Å². The van der Waals surface area contributed by atoms with Gasteiger partial charge in [-0.15, -0.1) is 11.3 Å². The van der Waals surface area contributed by atoms with Gasteiger partial charge >= 0.3 is 0 Å². The molecule has 3 aromatic rings. The lowest BCUT2D eigenvalue weighted by Crippen LogP contribution is -2.37. The van der Waals surface area contributed by atoms with Gasteiger partial charge in [-0.2, -0.15) is 4.98 Å². The number of nitrogens with zero attached hydrogens (tertiary/aromatic N) is 4. The summed E-state index contributed by atoms with van der Waals surface area (Å²) < 4.78 is 7.31. The van der Waals surface area contributed by atoms with Crippen LogP contribution in [0.25, 0.3) is 10.7 Å². The Labute approximate surface area is 182 Å². The number of carbonyl (C=O) groups excluding carboxylic acids is 1. The molecule has 1 saturated heterocycles. The van der Waals surface area contributed by atoms with Gasteiger partial charge in [-0.1, -0.05) is 5.16 Å². The van der Waals surface area contributed by atoms with E-state index in [0.717, 1.165) is 39.1 Å². The second kappa shape index (κ2) is 8.81. The molecule has 10 heteroatoms. The predicted octanol–water partition coefficient (Wildman–Crippen LogP) is 4.57. The summed E-state index contributed by atoms with van der Waals surface area (Å²) in [4.78, 5) is 24.3. The smallest absolute Gasteiger partial charge is 0.241 e. The zero-order valence-corrected chi connectivity index (χ0v) is 18.8. The number of aromatic nitrogens is 3. The van der Waals surface area contributed by atoms with Crippen molar-refractivity contribution in [3.8, 4) is 10.7 Å². The van der Waals surface area contributed by atoms with Gasteiger partial charge in [0.1, 0.15) is 5.82 Å². The third kappa shape index (κ3) is 4.86. The number of halogens is 2. The maximum absolute atomic E-state index is 12.5. The Morgan fingerprint density at radius 3 is 2.75 bits per heavy atom. The SMILES string of the molecule is O=C(Nc1ccc(Br)cn1)C1CCN(Cc2nc(-c3ccc(Br)s3)no2)CC1. The highest BCUT2D eigenvalue weighted by atomic mass is 79.9. The first kappa shape index (κ1) is 19.7. The first-order chi connectivity index (χ1) is 13.6. The number of nitrogens with one attached hydrogen (secondary N) is 1. The molecule has 0 bridgehead atoms. The molecule has 146 valence electrons. The van der Waals surface area contributed by atoms with Crippen molar-refractivity contribution >= 4 is 54.9 Å². The number of pyridine rings is 1. The minimum absolute atomic E-state index is 0.0107. The van der Waals surface area contributed by atoms with E-state index in [2.05, 4.69) is 57.2 Å². The molecule has 0 spiro atoms. The Morgan fingerprint density at radius 1 is 1.25 bits per heavy atom. The van der Waals surface area contributed by atoms with Gasteiger partial charge in [0, 0.05) is 16.6 Å². The molecule has 4 heterocycles. The van der Waals surface area contributed by atoms with E-state index in [9.17, 15) is 4.79 Å². The van der Waals surface area contributed by atoms with Crippen molar-refractivity contribution < 1.29 is 9.32 Å². The van der Waals surface area contributed by atoms with E-state index >= 15 is 0 Å². The van der Waals surface area contributed by atoms with E-state index in [0.29, 0.717) is 24.1 Å². The van der Waals surface area contributed by atoms with Crippen LogP contribution in [0.15, 0.2) is 43.2 Å². The van der Waals surface area contributed by atoms with Gasteiger partial charge in [0.15, 0.2) is 0 Å². The minimum Gasteiger partial charge on any atom is -0.338 e. The fraction of sp³-hybridized carbons (Fsp3) is 0.333. The lowest BCUT2D eigenvalue weighted by molar-refractivity contribution is -0.121. The summed E-state index contributed by atoms with van der Waals surface area (Å²) in [7, 11) is 0. The largest absolute Gasteiger partial charge is 0.338 e. The number of thiophene rings is 1. The molecule has 0 aliphatic carbocycles. The van der Waals surface area contributed by atoms with Crippen molar-refractivity contribution in [2.24, 2.45) is 5.92 Å². The van der Waals surface area contributed by atoms with E-state index in [1.807, 2.05) is 18.2 Å². The van der Waals surface area contributed by atoms with E-state index < -0.39 is 0 Å². The molecule has 1 N–H and O–H groups in total. The van der Waals surface area contributed by atoms with E-state index in [1.165, 1.54) is 0 Å². The number of likely N-dealkylation sites (tertiary alicyclic amines) is 1. The molecule has 0 aromatic carbocycles. The van der Waals surface area contributed by atoms with Gasteiger partial charge in [0.2, 0.25) is 17.6 Å². The molecular formula is C18H17Br2N5O2S. The lowest BCUT2D eigenvalue weighted by Gasteiger charge is -2.30. The molecule has 4 rings (SSSR count). The second-order valence-electron chi connectivity index (χ2n) is 6.52. The first-order valence-electron chi connectivity index (χ1n) is 8.80. The summed E-state index contributed by atoms with van der Waals surface area (Å²) >= 11 is 8.35. The Balaban J connectivity index is 1.28. The van der Waals surface area contributed by atoms with Crippen molar-refractivity contribution in [2.75, 3.05) is 18.4 Å². The Hall–Kier alpha value is -1.62. The van der Waals surface area contributed by atoms with Crippen molar-refractivity contribution in [1.82, 2.24) is 20.0 Å². The van der Waals surface area contributed by atoms with E-state index in [-0.39, 0.29) is 11.8 Å². The second-order valence-corrected chi connectivity index (χ2v) is 9.90. The predicted molar refractivity (Wildman–Crippen MR) is 114 cm³/mol. The van der Waals surface area contributed by atoms with E-state index in [4.69, 9.17) is 4.52 Å². The maximum Gasteiger partial charge on any atom is 0.241 e. The van der Waals surface area contributed by atoms with Crippen molar-refractivity contribution in [2.45, 2.75) is 19.4 Å². The van der Waals surface area contributed by atoms with Crippen LogP contribution in [-0.4, -0.2) is 39.0 Å². The van der Waals surface area contributed by atoms with Gasteiger partial charge in [-0.3, -0.25) is 9.69 Å². The molecule has 3 aromatic heterocycles. The zero-order chi connectivity index (χ0) is 19.5. The van der Waals surface area contributed by atoms with E-state index in [1.54, 1.807) is 23.6 Å². The Kier molecular flexibility index (Phi) is 6.19. The fourth-order valence-corrected chi connectivity index (χ4v) is 4.62. The molecule has 28 heavy (non-hydrogen) atoms. The number of rotatable bonds is 5. The normalized spacial score (nSPS) is 15.6. The number of piperidine rings is 1. The first-order valence-corrected chi connectivity index (χ1v) is 11.2. The third-order valence-electron chi connectivity index (χ3n) is 4.56. The number of hydrogen-bond donors (Lipinski definition) is 1. The highest BCUT2D eigenvalue weighted by molar-refractivity contribution is 9.11. The minimum atomic E-state index is -0.0107. The molecule has 1 aliphatic heterocycles. The summed E-state index contributed by atoms with van der Waals surface area (Å²) in [5, 5.41) is 6.96. The Morgan fingerprint density at radius 2 is 2.07 bits per heavy atom. The van der Waals surface area contributed by atoms with Crippen LogP contribution < -0.4 is 5.32 Å². The fourth-order valence-electron chi connectivity index (χ4n) is 3.08. The lowest BCUT2D eigenvalue weighted by atomic mass is 9.96. The number of hydrogen-bond acceptors (Lipinski definition) is 7. The molecule has 0 saturated carbocycles. The number of carbonyl (C=O) groups is 1. The third-order valence-corrected chi connectivity index (χ3v) is 6.65. The Bertz CT molecular complexity index is 951. The molecule has 1 fully saturated rings. The van der Waals surface area contributed by atoms with Crippen molar-refractivity contribution in [3.05, 3.63) is 44.6 Å². The highest BCUT2D eigenvalue weighted by Crippen LogP contribution is 2.29. The topological polar surface area (TPSA) is 84.2 Å². The average molecular weight is 527 g/mol. The molecule has 0 atom stereocenters. The highest BCUT2D eigenvalue weighted by Gasteiger charge is 2.26. The van der Waals surface area contributed by atoms with Gasteiger partial charge in [-0.25, -0.2) is 4.98 Å². The average Bonchev–Trinajstić information content (AvgIpc) is 3.33. The van der Waals surface area contributed by atoms with Gasteiger partial charge in [-0.05, 0) is 82.1 Å². The van der Waals surface area contributed by atoms with Crippen LogP contribution in [0.5, 0.6) is 0 Å². The van der Waals surface area contributed by atoms with Gasteiger partial charge in [0.25, 0.3) is 0 Å². The molecule has 1 amide bonds. The van der Waals surface area contributed by atoms with Gasteiger partial charge < -0.3 is 9.84 Å². The molecular weight excluding hydrogens is 510 g/mol. The zero-order valence-electron chi connectivity index (χ0n) is 14.8. The summed E-state index contributed by atoms with van der Waals surface area (Å²) in [6, 6.07) is 7.58. The number of amides is 1. The van der Waals surface area contributed by atoms with Crippen LogP contribution in [-0.2, 0) is 11.3 Å². The molecule has 0 radical (unpaired) electrons. The summed E-state index contributed by atoms with van der Waals surface area (Å²) in [6.07, 6.45) is 3.26. The van der Waals surface area contributed by atoms with Crippen LogP contribution >= 0.6 is 43.2 Å². The van der Waals surface area contributed by atoms with Crippen LogP contribution in [0.1, 0.15) is 18.7 Å². The quantitative estimate of drug-likeness (QED) is 0.524. The summed E-state index contributed by atoms with van der Waals surface area (Å²) in [6.45, 7) is 2.23. The molecule has 7 nitrogen and oxygen atoms in total. The van der Waals surface area contributed by atoms with Crippen molar-refractivity contribution in [1.29, 1.82) is 0 Å².